The number of carboxylic acid groups (broad SMARTS) is 1. The predicted molar refractivity (Wildman–Crippen MR) is 70.7 cm³/mol. The second-order valence-corrected chi connectivity index (χ2v) is 4.84. The zero-order chi connectivity index (χ0) is 13.3. The van der Waals surface area contributed by atoms with Crippen LogP contribution in [-0.2, 0) is 11.2 Å². The first-order chi connectivity index (χ1) is 8.52. The average Bonchev–Trinajstić information content (AvgIpc) is 2.80. The lowest BCUT2D eigenvalue weighted by molar-refractivity contribution is -0.144. The van der Waals surface area contributed by atoms with E-state index in [9.17, 15) is 9.90 Å². The molecule has 1 aromatic rings. The highest BCUT2D eigenvalue weighted by molar-refractivity contribution is 5.94. The number of rotatable bonds is 4. The molecule has 1 N–H and O–H groups in total. The van der Waals surface area contributed by atoms with Crippen LogP contribution in [0.1, 0.15) is 31.4 Å². The number of carbonyl (C=O) groups is 1. The summed E-state index contributed by atoms with van der Waals surface area (Å²) >= 11 is 0. The maximum Gasteiger partial charge on any atom is 0.313 e. The molecule has 0 heterocycles. The van der Waals surface area contributed by atoms with E-state index in [-0.39, 0.29) is 0 Å². The first kappa shape index (κ1) is 12.7. The topological polar surface area (TPSA) is 46.5 Å². The Morgan fingerprint density at radius 1 is 1.50 bits per heavy atom. The Morgan fingerprint density at radius 2 is 2.22 bits per heavy atom. The molecule has 0 aromatic heterocycles. The van der Waals surface area contributed by atoms with Crippen molar-refractivity contribution in [2.75, 3.05) is 7.11 Å². The van der Waals surface area contributed by atoms with Gasteiger partial charge in [-0.3, -0.25) is 4.79 Å². The number of hydrogen-bond acceptors (Lipinski definition) is 2. The van der Waals surface area contributed by atoms with Crippen molar-refractivity contribution >= 4 is 11.5 Å². The Balaban J connectivity index is 2.45. The molecule has 1 aliphatic carbocycles. The normalized spacial score (nSPS) is 16.7. The number of hydrogen-bond donors (Lipinski definition) is 1. The van der Waals surface area contributed by atoms with E-state index in [2.05, 4.69) is 0 Å². The Hall–Kier alpha value is -1.77. The van der Waals surface area contributed by atoms with Crippen LogP contribution >= 0.6 is 0 Å². The number of fused-ring (bicyclic) bond motifs is 1. The molecule has 1 atom stereocenters. The highest BCUT2D eigenvalue weighted by atomic mass is 16.5. The summed E-state index contributed by atoms with van der Waals surface area (Å²) in [5.74, 6) is 0.0526. The van der Waals surface area contributed by atoms with Crippen LogP contribution in [0.2, 0.25) is 0 Å². The lowest BCUT2D eigenvalue weighted by Gasteiger charge is -2.25. The molecule has 3 heteroatoms. The summed E-state index contributed by atoms with van der Waals surface area (Å²) in [7, 11) is 1.64. The lowest BCUT2D eigenvalue weighted by atomic mass is 9.77. The van der Waals surface area contributed by atoms with Gasteiger partial charge in [0.15, 0.2) is 0 Å². The SMILES string of the molecule is CCC(C)(C(=O)O)C1=CCc2cc(OC)ccc21. The van der Waals surface area contributed by atoms with Gasteiger partial charge in [0.25, 0.3) is 0 Å². The maximum atomic E-state index is 11.5. The van der Waals surface area contributed by atoms with Crippen LogP contribution in [0.5, 0.6) is 5.75 Å². The van der Waals surface area contributed by atoms with E-state index in [1.54, 1.807) is 14.0 Å². The lowest BCUT2D eigenvalue weighted by Crippen LogP contribution is -2.27. The quantitative estimate of drug-likeness (QED) is 0.887. The van der Waals surface area contributed by atoms with Crippen molar-refractivity contribution in [1.82, 2.24) is 0 Å². The van der Waals surface area contributed by atoms with Gasteiger partial charge in [-0.25, -0.2) is 0 Å². The van der Waals surface area contributed by atoms with Gasteiger partial charge < -0.3 is 9.84 Å². The summed E-state index contributed by atoms with van der Waals surface area (Å²) in [6, 6.07) is 5.83. The second-order valence-electron chi connectivity index (χ2n) is 4.84. The maximum absolute atomic E-state index is 11.5. The molecule has 0 radical (unpaired) electrons. The van der Waals surface area contributed by atoms with E-state index in [1.807, 2.05) is 31.2 Å². The summed E-state index contributed by atoms with van der Waals surface area (Å²) in [5.41, 5.74) is 2.31. The van der Waals surface area contributed by atoms with Crippen LogP contribution in [0.4, 0.5) is 0 Å². The summed E-state index contributed by atoms with van der Waals surface area (Å²) in [5, 5.41) is 9.45. The van der Waals surface area contributed by atoms with Gasteiger partial charge in [0.05, 0.1) is 12.5 Å². The van der Waals surface area contributed by atoms with E-state index < -0.39 is 11.4 Å². The van der Waals surface area contributed by atoms with Gasteiger partial charge in [-0.15, -0.1) is 0 Å². The standard InChI is InChI=1S/C15H18O3/c1-4-15(2,14(16)17)13-8-5-10-9-11(18-3)6-7-12(10)13/h6-9H,4-5H2,1-3H3,(H,16,17). The van der Waals surface area contributed by atoms with Crippen LogP contribution in [0.3, 0.4) is 0 Å². The molecule has 1 aliphatic rings. The van der Waals surface area contributed by atoms with Gasteiger partial charge >= 0.3 is 5.97 Å². The van der Waals surface area contributed by atoms with Crippen molar-refractivity contribution in [3.05, 3.63) is 35.4 Å². The third kappa shape index (κ3) is 1.80. The minimum atomic E-state index is -0.806. The molecule has 0 saturated heterocycles. The van der Waals surface area contributed by atoms with Gasteiger partial charge in [-0.05, 0) is 48.6 Å². The number of aliphatic carboxylic acids is 1. The highest BCUT2D eigenvalue weighted by Crippen LogP contribution is 2.43. The molecule has 96 valence electrons. The van der Waals surface area contributed by atoms with Crippen LogP contribution in [0, 0.1) is 5.41 Å². The minimum Gasteiger partial charge on any atom is -0.497 e. The molecule has 0 saturated carbocycles. The Morgan fingerprint density at radius 3 is 2.78 bits per heavy atom. The van der Waals surface area contributed by atoms with Crippen molar-refractivity contribution in [2.24, 2.45) is 5.41 Å². The molecule has 2 rings (SSSR count). The molecule has 0 bridgehead atoms. The van der Waals surface area contributed by atoms with Crippen LogP contribution in [0.15, 0.2) is 24.3 Å². The summed E-state index contributed by atoms with van der Waals surface area (Å²) < 4.78 is 5.19. The highest BCUT2D eigenvalue weighted by Gasteiger charge is 2.38. The fraction of sp³-hybridized carbons (Fsp3) is 0.400. The first-order valence-electron chi connectivity index (χ1n) is 6.14. The monoisotopic (exact) mass is 246 g/mol. The van der Waals surface area contributed by atoms with Crippen molar-refractivity contribution < 1.29 is 14.6 Å². The fourth-order valence-electron chi connectivity index (χ4n) is 2.43. The van der Waals surface area contributed by atoms with Crippen molar-refractivity contribution in [3.63, 3.8) is 0 Å². The van der Waals surface area contributed by atoms with Gasteiger partial charge in [0.2, 0.25) is 0 Å². The van der Waals surface area contributed by atoms with Gasteiger partial charge in [0, 0.05) is 0 Å². The molecule has 18 heavy (non-hydrogen) atoms. The molecule has 0 spiro atoms. The first-order valence-corrected chi connectivity index (χ1v) is 6.14. The zero-order valence-corrected chi connectivity index (χ0v) is 11.0. The molecule has 0 amide bonds. The van der Waals surface area contributed by atoms with Crippen LogP contribution in [0.25, 0.3) is 5.57 Å². The van der Waals surface area contributed by atoms with E-state index >= 15 is 0 Å². The number of ether oxygens (including phenoxy) is 1. The molecule has 1 unspecified atom stereocenters. The van der Waals surface area contributed by atoms with Crippen molar-refractivity contribution in [1.29, 1.82) is 0 Å². The number of methoxy groups -OCH3 is 1. The number of carboxylic acids is 1. The molecular weight excluding hydrogens is 228 g/mol. The third-order valence-electron chi connectivity index (χ3n) is 3.90. The number of allylic oxidation sites excluding steroid dienone is 1. The smallest absolute Gasteiger partial charge is 0.313 e. The fourth-order valence-corrected chi connectivity index (χ4v) is 2.43. The van der Waals surface area contributed by atoms with Gasteiger partial charge in [0.1, 0.15) is 5.75 Å². The van der Waals surface area contributed by atoms with Crippen LogP contribution in [-0.4, -0.2) is 18.2 Å². The Labute approximate surface area is 107 Å². The molecular formula is C15H18O3. The zero-order valence-electron chi connectivity index (χ0n) is 11.0. The third-order valence-corrected chi connectivity index (χ3v) is 3.90. The molecule has 0 fully saturated rings. The molecule has 3 nitrogen and oxygen atoms in total. The van der Waals surface area contributed by atoms with E-state index in [4.69, 9.17) is 4.74 Å². The molecule has 1 aromatic carbocycles. The summed E-state index contributed by atoms with van der Waals surface area (Å²) in [6.07, 6.45) is 3.39. The van der Waals surface area contributed by atoms with Crippen LogP contribution < -0.4 is 4.74 Å². The Kier molecular flexibility index (Phi) is 3.16. The largest absolute Gasteiger partial charge is 0.497 e. The van der Waals surface area contributed by atoms with E-state index in [1.165, 1.54) is 0 Å². The average molecular weight is 246 g/mol. The van der Waals surface area contributed by atoms with Crippen molar-refractivity contribution in [3.8, 4) is 5.75 Å². The van der Waals surface area contributed by atoms with E-state index in [0.717, 1.165) is 28.9 Å². The van der Waals surface area contributed by atoms with Gasteiger partial charge in [-0.2, -0.15) is 0 Å². The summed E-state index contributed by atoms with van der Waals surface area (Å²) in [6.45, 7) is 3.71. The van der Waals surface area contributed by atoms with Crippen molar-refractivity contribution in [2.45, 2.75) is 26.7 Å². The minimum absolute atomic E-state index is 0.583. The summed E-state index contributed by atoms with van der Waals surface area (Å²) in [4.78, 5) is 11.5. The predicted octanol–water partition coefficient (Wildman–Crippen LogP) is 3.14. The van der Waals surface area contributed by atoms with E-state index in [0.29, 0.717) is 6.42 Å². The molecule has 0 aliphatic heterocycles. The number of benzene rings is 1. The van der Waals surface area contributed by atoms with Gasteiger partial charge in [-0.1, -0.05) is 19.1 Å². The Bertz CT molecular complexity index is 516. The second kappa shape index (κ2) is 4.48.